The molecule has 1 atom stereocenters. The first-order chi connectivity index (χ1) is 15.1. The van der Waals surface area contributed by atoms with Crippen molar-refractivity contribution in [1.29, 1.82) is 0 Å². The third-order valence-corrected chi connectivity index (χ3v) is 6.22. The Bertz CT molecular complexity index is 1100. The maximum Gasteiger partial charge on any atom is 0.257 e. The van der Waals surface area contributed by atoms with Gasteiger partial charge in [0.2, 0.25) is 5.91 Å². The third kappa shape index (κ3) is 4.54. The molecule has 0 fully saturated rings. The van der Waals surface area contributed by atoms with Gasteiger partial charge in [-0.1, -0.05) is 18.2 Å². The van der Waals surface area contributed by atoms with Crippen molar-refractivity contribution in [3.63, 3.8) is 0 Å². The molecule has 2 N–H and O–H groups in total. The number of anilines is 2. The van der Waals surface area contributed by atoms with Gasteiger partial charge in [0.1, 0.15) is 0 Å². The van der Waals surface area contributed by atoms with Crippen molar-refractivity contribution < 1.29 is 19.1 Å². The van der Waals surface area contributed by atoms with E-state index < -0.39 is 0 Å². The second-order valence-electron chi connectivity index (χ2n) is 7.15. The summed E-state index contributed by atoms with van der Waals surface area (Å²) < 4.78 is 10.6. The Morgan fingerprint density at radius 3 is 2.55 bits per heavy atom. The highest BCUT2D eigenvalue weighted by Crippen LogP contribution is 2.38. The molecule has 3 aromatic rings. The molecule has 160 valence electrons. The second kappa shape index (κ2) is 9.18. The van der Waals surface area contributed by atoms with Crippen LogP contribution in [-0.2, 0) is 11.2 Å². The monoisotopic (exact) mass is 437 g/mol. The molecule has 8 heteroatoms. The van der Waals surface area contributed by atoms with Gasteiger partial charge in [-0.25, -0.2) is 4.98 Å². The summed E-state index contributed by atoms with van der Waals surface area (Å²) in [5.41, 5.74) is 1.94. The van der Waals surface area contributed by atoms with Crippen LogP contribution in [0.5, 0.6) is 11.5 Å². The van der Waals surface area contributed by atoms with Crippen molar-refractivity contribution in [3.05, 3.63) is 64.7 Å². The second-order valence-corrected chi connectivity index (χ2v) is 8.24. The van der Waals surface area contributed by atoms with Gasteiger partial charge in [-0.2, -0.15) is 0 Å². The quantitative estimate of drug-likeness (QED) is 0.594. The van der Waals surface area contributed by atoms with Gasteiger partial charge in [0.15, 0.2) is 16.6 Å². The van der Waals surface area contributed by atoms with Crippen LogP contribution >= 0.6 is 11.3 Å². The van der Waals surface area contributed by atoms with Crippen LogP contribution in [0, 0.1) is 0 Å². The summed E-state index contributed by atoms with van der Waals surface area (Å²) in [4.78, 5) is 31.1. The van der Waals surface area contributed by atoms with Crippen molar-refractivity contribution in [3.8, 4) is 11.5 Å². The minimum Gasteiger partial charge on any atom is -0.493 e. The first kappa shape index (κ1) is 20.9. The molecule has 1 heterocycles. The molecule has 0 radical (unpaired) electrons. The molecule has 1 aromatic heterocycles. The van der Waals surface area contributed by atoms with Gasteiger partial charge in [0.25, 0.3) is 5.91 Å². The fourth-order valence-electron chi connectivity index (χ4n) is 3.63. The van der Waals surface area contributed by atoms with Gasteiger partial charge in [0, 0.05) is 22.2 Å². The highest BCUT2D eigenvalue weighted by Gasteiger charge is 2.31. The van der Waals surface area contributed by atoms with Crippen LogP contribution in [0.2, 0.25) is 0 Å². The van der Waals surface area contributed by atoms with Crippen molar-refractivity contribution in [2.24, 2.45) is 0 Å². The topological polar surface area (TPSA) is 89.6 Å². The van der Waals surface area contributed by atoms with E-state index in [2.05, 4.69) is 15.6 Å². The van der Waals surface area contributed by atoms with E-state index in [9.17, 15) is 9.59 Å². The van der Waals surface area contributed by atoms with E-state index in [1.807, 2.05) is 18.2 Å². The largest absolute Gasteiger partial charge is 0.493 e. The molecule has 4 rings (SSSR count). The van der Waals surface area contributed by atoms with Crippen molar-refractivity contribution in [2.75, 3.05) is 24.9 Å². The van der Waals surface area contributed by atoms with Crippen LogP contribution in [0.4, 0.5) is 10.8 Å². The first-order valence-electron chi connectivity index (χ1n) is 9.98. The molecular weight excluding hydrogens is 414 g/mol. The summed E-state index contributed by atoms with van der Waals surface area (Å²) in [6.07, 6.45) is 2.46. The number of rotatable bonds is 6. The number of aryl methyl sites for hydroxylation is 1. The van der Waals surface area contributed by atoms with Crippen LogP contribution in [0.15, 0.2) is 48.5 Å². The molecule has 2 aromatic carbocycles. The molecule has 31 heavy (non-hydrogen) atoms. The normalized spacial score (nSPS) is 15.0. The van der Waals surface area contributed by atoms with Gasteiger partial charge < -0.3 is 14.8 Å². The average molecular weight is 438 g/mol. The number of carbonyl (C=O) groups is 2. The number of fused-ring (bicyclic) bond motifs is 1. The van der Waals surface area contributed by atoms with Crippen LogP contribution < -0.4 is 20.1 Å². The number of methoxy groups -OCH3 is 2. The predicted molar refractivity (Wildman–Crippen MR) is 120 cm³/mol. The maximum absolute atomic E-state index is 13.0. The number of amides is 2. The zero-order chi connectivity index (χ0) is 21.8. The minimum absolute atomic E-state index is 0.126. The minimum atomic E-state index is -0.365. The van der Waals surface area contributed by atoms with Crippen LogP contribution in [0.1, 0.15) is 39.7 Å². The fraction of sp³-hybridized carbons (Fsp3) is 0.261. The number of hydrogen-bond acceptors (Lipinski definition) is 6. The molecule has 0 saturated carbocycles. The lowest BCUT2D eigenvalue weighted by molar-refractivity contribution is -0.117. The Balaban J connectivity index is 1.50. The van der Waals surface area contributed by atoms with E-state index in [1.54, 1.807) is 44.6 Å². The van der Waals surface area contributed by atoms with E-state index in [-0.39, 0.29) is 17.7 Å². The van der Waals surface area contributed by atoms with Gasteiger partial charge in [-0.15, -0.1) is 11.3 Å². The molecule has 0 spiro atoms. The van der Waals surface area contributed by atoms with Crippen molar-refractivity contribution in [1.82, 2.24) is 4.98 Å². The van der Waals surface area contributed by atoms with E-state index in [0.29, 0.717) is 34.3 Å². The SMILES string of the molecule is COc1ccc(NC(=O)[C@H]2CCCc3sc(NC(=O)c4ccccc4)nc32)cc1OC. The zero-order valence-electron chi connectivity index (χ0n) is 17.3. The standard InChI is InChI=1S/C23H23N3O4S/c1-29-17-12-11-15(13-18(17)30-2)24-22(28)16-9-6-10-19-20(16)25-23(31-19)26-21(27)14-7-4-3-5-8-14/h3-5,7-8,11-13,16H,6,9-10H2,1-2H3,(H,24,28)(H,25,26,27)/t16-/m0/s1. The number of hydrogen-bond donors (Lipinski definition) is 2. The summed E-state index contributed by atoms with van der Waals surface area (Å²) in [7, 11) is 3.12. The molecular formula is C23H23N3O4S. The van der Waals surface area contributed by atoms with E-state index in [1.165, 1.54) is 11.3 Å². The van der Waals surface area contributed by atoms with Crippen LogP contribution in [0.25, 0.3) is 0 Å². The number of nitrogens with one attached hydrogen (secondary N) is 2. The number of nitrogens with zero attached hydrogens (tertiary/aromatic N) is 1. The number of ether oxygens (including phenoxy) is 2. The summed E-state index contributed by atoms with van der Waals surface area (Å²) in [6.45, 7) is 0. The number of thiazole rings is 1. The Kier molecular flexibility index (Phi) is 6.18. The van der Waals surface area contributed by atoms with Gasteiger partial charge in [0.05, 0.1) is 25.8 Å². The number of aromatic nitrogens is 1. The lowest BCUT2D eigenvalue weighted by Crippen LogP contribution is -2.24. The highest BCUT2D eigenvalue weighted by atomic mass is 32.1. The molecule has 0 unspecified atom stereocenters. The molecule has 2 amide bonds. The van der Waals surface area contributed by atoms with Gasteiger partial charge >= 0.3 is 0 Å². The van der Waals surface area contributed by atoms with E-state index in [0.717, 1.165) is 23.4 Å². The molecule has 0 bridgehead atoms. The molecule has 7 nitrogen and oxygen atoms in total. The third-order valence-electron chi connectivity index (χ3n) is 5.18. The van der Waals surface area contributed by atoms with Crippen molar-refractivity contribution in [2.45, 2.75) is 25.2 Å². The predicted octanol–water partition coefficient (Wildman–Crippen LogP) is 4.47. The summed E-state index contributed by atoms with van der Waals surface area (Å²) >= 11 is 1.44. The Hall–Kier alpha value is -3.39. The number of carbonyl (C=O) groups excluding carboxylic acids is 2. The number of benzene rings is 2. The zero-order valence-corrected chi connectivity index (χ0v) is 18.1. The van der Waals surface area contributed by atoms with E-state index >= 15 is 0 Å². The molecule has 0 aliphatic heterocycles. The summed E-state index contributed by atoms with van der Waals surface area (Å²) in [6, 6.07) is 14.3. The van der Waals surface area contributed by atoms with Crippen molar-refractivity contribution >= 4 is 34.0 Å². The van der Waals surface area contributed by atoms with E-state index in [4.69, 9.17) is 9.47 Å². The van der Waals surface area contributed by atoms with Crippen LogP contribution in [0.3, 0.4) is 0 Å². The smallest absolute Gasteiger partial charge is 0.257 e. The Labute approximate surface area is 184 Å². The van der Waals surface area contributed by atoms with Gasteiger partial charge in [-0.3, -0.25) is 14.9 Å². The van der Waals surface area contributed by atoms with Crippen LogP contribution in [-0.4, -0.2) is 31.0 Å². The molecule has 0 saturated heterocycles. The lowest BCUT2D eigenvalue weighted by atomic mass is 9.90. The highest BCUT2D eigenvalue weighted by molar-refractivity contribution is 7.16. The average Bonchev–Trinajstić information content (AvgIpc) is 3.21. The summed E-state index contributed by atoms with van der Waals surface area (Å²) in [5, 5.41) is 6.33. The first-order valence-corrected chi connectivity index (χ1v) is 10.8. The van der Waals surface area contributed by atoms with Gasteiger partial charge in [-0.05, 0) is 43.5 Å². The lowest BCUT2D eigenvalue weighted by Gasteiger charge is -2.20. The Morgan fingerprint density at radius 2 is 1.81 bits per heavy atom. The summed E-state index contributed by atoms with van der Waals surface area (Å²) in [5.74, 6) is 0.441. The fourth-order valence-corrected chi connectivity index (χ4v) is 4.69. The molecule has 1 aliphatic rings. The Morgan fingerprint density at radius 1 is 1.03 bits per heavy atom. The molecule has 1 aliphatic carbocycles. The maximum atomic E-state index is 13.0.